The highest BCUT2D eigenvalue weighted by atomic mass is 16.2. The summed E-state index contributed by atoms with van der Waals surface area (Å²) in [6.45, 7) is 2.55. The molecular weight excluding hydrogens is 232 g/mol. The van der Waals surface area contributed by atoms with Gasteiger partial charge < -0.3 is 19.7 Å². The molecule has 1 unspecified atom stereocenters. The molecule has 2 fully saturated rings. The topological polar surface area (TPSA) is 59.7 Å². The second-order valence-corrected chi connectivity index (χ2v) is 4.85. The third-order valence-corrected chi connectivity index (χ3v) is 3.66. The summed E-state index contributed by atoms with van der Waals surface area (Å²) in [5, 5.41) is 0. The van der Waals surface area contributed by atoms with Gasteiger partial charge in [0.2, 0.25) is 0 Å². The smallest absolute Gasteiger partial charge is 0.320 e. The number of aromatic nitrogens is 1. The van der Waals surface area contributed by atoms with Crippen LogP contribution in [0.25, 0.3) is 0 Å². The van der Waals surface area contributed by atoms with E-state index in [2.05, 4.69) is 4.98 Å². The molecule has 1 N–H and O–H groups in total. The van der Waals surface area contributed by atoms with Crippen LogP contribution in [-0.4, -0.2) is 70.9 Å². The molecule has 0 bridgehead atoms. The third-order valence-electron chi connectivity index (χ3n) is 3.66. The first-order chi connectivity index (χ1) is 8.66. The van der Waals surface area contributed by atoms with Crippen LogP contribution in [0.2, 0.25) is 0 Å². The van der Waals surface area contributed by atoms with Crippen LogP contribution >= 0.6 is 0 Å². The van der Waals surface area contributed by atoms with Crippen molar-refractivity contribution >= 4 is 11.9 Å². The van der Waals surface area contributed by atoms with Crippen LogP contribution in [0.1, 0.15) is 10.5 Å². The molecular formula is C12H16N4O2. The van der Waals surface area contributed by atoms with Crippen molar-refractivity contribution in [3.63, 3.8) is 0 Å². The fourth-order valence-corrected chi connectivity index (χ4v) is 2.70. The Balaban J connectivity index is 1.72. The number of aromatic amines is 1. The van der Waals surface area contributed by atoms with Crippen LogP contribution in [-0.2, 0) is 0 Å². The summed E-state index contributed by atoms with van der Waals surface area (Å²) in [6, 6.07) is 3.80. The summed E-state index contributed by atoms with van der Waals surface area (Å²) in [6.07, 6.45) is 1.75. The van der Waals surface area contributed by atoms with Crippen LogP contribution in [0.4, 0.5) is 4.79 Å². The minimum Gasteiger partial charge on any atom is -0.357 e. The summed E-state index contributed by atoms with van der Waals surface area (Å²) >= 11 is 0. The lowest BCUT2D eigenvalue weighted by Crippen LogP contribution is -2.53. The van der Waals surface area contributed by atoms with Gasteiger partial charge in [-0.3, -0.25) is 4.79 Å². The van der Waals surface area contributed by atoms with Gasteiger partial charge in [-0.05, 0) is 12.1 Å². The number of nitrogens with one attached hydrogen (secondary N) is 1. The summed E-state index contributed by atoms with van der Waals surface area (Å²) in [5.41, 5.74) is 0.612. The first-order valence-electron chi connectivity index (χ1n) is 6.11. The Morgan fingerprint density at radius 2 is 2.22 bits per heavy atom. The highest BCUT2D eigenvalue weighted by Crippen LogP contribution is 2.20. The van der Waals surface area contributed by atoms with E-state index < -0.39 is 0 Å². The maximum atomic E-state index is 12.2. The number of carbonyl (C=O) groups excluding carboxylic acids is 2. The van der Waals surface area contributed by atoms with Crippen LogP contribution in [0.15, 0.2) is 18.3 Å². The van der Waals surface area contributed by atoms with Crippen LogP contribution in [0, 0.1) is 0 Å². The lowest BCUT2D eigenvalue weighted by atomic mass is 10.2. The average Bonchev–Trinajstić information content (AvgIpc) is 2.98. The van der Waals surface area contributed by atoms with Crippen molar-refractivity contribution in [1.82, 2.24) is 19.7 Å². The Bertz CT molecular complexity index is 470. The Morgan fingerprint density at radius 3 is 2.94 bits per heavy atom. The van der Waals surface area contributed by atoms with Gasteiger partial charge in [0.15, 0.2) is 0 Å². The second-order valence-electron chi connectivity index (χ2n) is 4.85. The predicted molar refractivity (Wildman–Crippen MR) is 65.2 cm³/mol. The van der Waals surface area contributed by atoms with E-state index in [1.807, 2.05) is 15.9 Å². The Morgan fingerprint density at radius 1 is 1.39 bits per heavy atom. The minimum absolute atomic E-state index is 0.0154. The number of hydrogen-bond acceptors (Lipinski definition) is 2. The molecule has 3 amide bonds. The van der Waals surface area contributed by atoms with Crippen molar-refractivity contribution in [2.75, 3.05) is 33.2 Å². The maximum absolute atomic E-state index is 12.2. The van der Waals surface area contributed by atoms with Crippen molar-refractivity contribution < 1.29 is 9.59 Å². The molecule has 0 aromatic carbocycles. The van der Waals surface area contributed by atoms with Crippen molar-refractivity contribution in [3.05, 3.63) is 24.0 Å². The summed E-state index contributed by atoms with van der Waals surface area (Å²) in [5.74, 6) is 0.0154. The van der Waals surface area contributed by atoms with E-state index in [4.69, 9.17) is 0 Å². The molecule has 3 heterocycles. The third kappa shape index (κ3) is 1.64. The van der Waals surface area contributed by atoms with E-state index in [9.17, 15) is 9.59 Å². The SMILES string of the molecule is CN1CC2CN(C(=O)c3ccc[nH]3)CCN2C1=O. The number of fused-ring (bicyclic) bond motifs is 1. The van der Waals surface area contributed by atoms with E-state index in [-0.39, 0.29) is 18.0 Å². The zero-order chi connectivity index (χ0) is 12.7. The molecule has 2 saturated heterocycles. The van der Waals surface area contributed by atoms with Gasteiger partial charge in [0.25, 0.3) is 5.91 Å². The molecule has 2 aliphatic rings. The highest BCUT2D eigenvalue weighted by Gasteiger charge is 2.40. The zero-order valence-electron chi connectivity index (χ0n) is 10.3. The number of urea groups is 1. The second kappa shape index (κ2) is 4.04. The fourth-order valence-electron chi connectivity index (χ4n) is 2.70. The lowest BCUT2D eigenvalue weighted by molar-refractivity contribution is 0.0612. The number of carbonyl (C=O) groups is 2. The monoisotopic (exact) mass is 248 g/mol. The fraction of sp³-hybridized carbons (Fsp3) is 0.500. The van der Waals surface area contributed by atoms with E-state index in [0.717, 1.165) is 0 Å². The minimum atomic E-state index is 0.0154. The molecule has 1 aromatic heterocycles. The quantitative estimate of drug-likeness (QED) is 0.772. The van der Waals surface area contributed by atoms with Gasteiger partial charge in [0.1, 0.15) is 5.69 Å². The van der Waals surface area contributed by atoms with E-state index in [1.165, 1.54) is 0 Å². The normalized spacial score (nSPS) is 23.5. The predicted octanol–water partition coefficient (Wildman–Crippen LogP) is 0.206. The van der Waals surface area contributed by atoms with Crippen LogP contribution in [0.3, 0.4) is 0 Å². The number of nitrogens with zero attached hydrogens (tertiary/aromatic N) is 3. The largest absolute Gasteiger partial charge is 0.357 e. The van der Waals surface area contributed by atoms with Gasteiger partial charge in [0, 0.05) is 39.4 Å². The molecule has 1 aromatic rings. The first kappa shape index (κ1) is 11.1. The number of amides is 3. The summed E-state index contributed by atoms with van der Waals surface area (Å²) in [4.78, 5) is 32.3. The molecule has 0 saturated carbocycles. The molecule has 2 aliphatic heterocycles. The van der Waals surface area contributed by atoms with E-state index in [0.29, 0.717) is 31.9 Å². The number of likely N-dealkylation sites (N-methyl/N-ethyl adjacent to an activating group) is 1. The number of piperazine rings is 1. The zero-order valence-corrected chi connectivity index (χ0v) is 10.3. The van der Waals surface area contributed by atoms with Crippen LogP contribution in [0.5, 0.6) is 0 Å². The first-order valence-corrected chi connectivity index (χ1v) is 6.11. The molecule has 0 radical (unpaired) electrons. The molecule has 1 atom stereocenters. The molecule has 96 valence electrons. The van der Waals surface area contributed by atoms with Crippen LogP contribution < -0.4 is 0 Å². The molecule has 6 heteroatoms. The van der Waals surface area contributed by atoms with E-state index >= 15 is 0 Å². The molecule has 6 nitrogen and oxygen atoms in total. The molecule has 18 heavy (non-hydrogen) atoms. The summed E-state index contributed by atoms with van der Waals surface area (Å²) in [7, 11) is 1.80. The van der Waals surface area contributed by atoms with Gasteiger partial charge in [-0.25, -0.2) is 4.79 Å². The van der Waals surface area contributed by atoms with Crippen molar-refractivity contribution in [3.8, 4) is 0 Å². The van der Waals surface area contributed by atoms with Crippen molar-refractivity contribution in [2.45, 2.75) is 6.04 Å². The van der Waals surface area contributed by atoms with E-state index in [1.54, 1.807) is 24.2 Å². The van der Waals surface area contributed by atoms with Gasteiger partial charge in [-0.15, -0.1) is 0 Å². The van der Waals surface area contributed by atoms with Crippen molar-refractivity contribution in [2.24, 2.45) is 0 Å². The number of rotatable bonds is 1. The Hall–Kier alpha value is -1.98. The molecule has 3 rings (SSSR count). The molecule has 0 aliphatic carbocycles. The summed E-state index contributed by atoms with van der Waals surface area (Å²) < 4.78 is 0. The van der Waals surface area contributed by atoms with Gasteiger partial charge in [0.05, 0.1) is 6.04 Å². The Labute approximate surface area is 105 Å². The molecule has 0 spiro atoms. The average molecular weight is 248 g/mol. The van der Waals surface area contributed by atoms with Gasteiger partial charge in [-0.2, -0.15) is 0 Å². The van der Waals surface area contributed by atoms with Gasteiger partial charge >= 0.3 is 6.03 Å². The highest BCUT2D eigenvalue weighted by molar-refractivity contribution is 5.92. The van der Waals surface area contributed by atoms with Gasteiger partial charge in [-0.1, -0.05) is 0 Å². The standard InChI is InChI=1S/C12H16N4O2/c1-14-7-9-8-15(5-6-16(9)12(14)18)11(17)10-3-2-4-13-10/h2-4,9,13H,5-8H2,1H3. The number of hydrogen-bond donors (Lipinski definition) is 1. The maximum Gasteiger partial charge on any atom is 0.320 e. The van der Waals surface area contributed by atoms with Crippen molar-refractivity contribution in [1.29, 1.82) is 0 Å². The number of H-pyrrole nitrogens is 1. The Kier molecular flexibility index (Phi) is 2.50. The lowest BCUT2D eigenvalue weighted by Gasteiger charge is -2.36.